The Balaban J connectivity index is 1.38. The SMILES string of the molecule is [C-]#[N+]c1ccnc(NC(=O)c2ccc(-c3nn([C@@H]4CCN(C(=O)/C=C/CN(C)C)C4)c4ncnc(N)c34)cc2)c1. The first-order valence-electron chi connectivity index (χ1n) is 12.7. The molecule has 12 nitrogen and oxygen atoms in total. The lowest BCUT2D eigenvalue weighted by molar-refractivity contribution is -0.125. The lowest BCUT2D eigenvalue weighted by Gasteiger charge is -2.15. The van der Waals surface area contributed by atoms with Gasteiger partial charge in [0.2, 0.25) is 5.91 Å². The summed E-state index contributed by atoms with van der Waals surface area (Å²) in [6.07, 6.45) is 7.09. The smallest absolute Gasteiger partial charge is 0.256 e. The van der Waals surface area contributed by atoms with E-state index >= 15 is 0 Å². The molecule has 3 N–H and O–H groups in total. The highest BCUT2D eigenvalue weighted by Gasteiger charge is 2.30. The summed E-state index contributed by atoms with van der Waals surface area (Å²) in [5.74, 6) is 0.223. The number of likely N-dealkylation sites (N-methyl/N-ethyl adjacent to an activating group) is 1. The minimum Gasteiger partial charge on any atom is -0.383 e. The van der Waals surface area contributed by atoms with Crippen molar-refractivity contribution in [2.45, 2.75) is 12.5 Å². The van der Waals surface area contributed by atoms with E-state index in [2.05, 4.69) is 25.1 Å². The van der Waals surface area contributed by atoms with Crippen molar-refractivity contribution in [1.82, 2.24) is 34.5 Å². The van der Waals surface area contributed by atoms with Gasteiger partial charge in [0.15, 0.2) is 11.3 Å². The van der Waals surface area contributed by atoms with Gasteiger partial charge in [-0.05, 0) is 44.8 Å². The number of benzene rings is 1. The number of carbonyl (C=O) groups excluding carboxylic acids is 2. The van der Waals surface area contributed by atoms with E-state index < -0.39 is 0 Å². The molecule has 5 rings (SSSR count). The van der Waals surface area contributed by atoms with Crippen LogP contribution in [-0.4, -0.2) is 80.1 Å². The molecule has 1 atom stereocenters. The predicted molar refractivity (Wildman–Crippen MR) is 152 cm³/mol. The van der Waals surface area contributed by atoms with Gasteiger partial charge in [-0.1, -0.05) is 18.2 Å². The number of likely N-dealkylation sites (tertiary alicyclic amines) is 1. The number of amides is 2. The standard InChI is InChI=1S/C28H28N10O2/c1-30-20-10-12-31-22(15-20)34-28(40)19-8-6-18(7-9-19)25-24-26(29)32-17-33-27(24)38(35-25)21-11-14-37(16-21)23(39)5-4-13-36(2)3/h4-10,12,15,17,21H,11,13-14,16H2,2-3H3,(H2,29,32,33)(H,31,34,40)/b5-4+/t21-/m1/s1. The Morgan fingerprint density at radius 3 is 2.75 bits per heavy atom. The van der Waals surface area contributed by atoms with Crippen LogP contribution < -0.4 is 11.1 Å². The maximum absolute atomic E-state index is 12.8. The quantitative estimate of drug-likeness (QED) is 0.271. The Morgan fingerprint density at radius 1 is 1.20 bits per heavy atom. The fourth-order valence-corrected chi connectivity index (χ4v) is 4.59. The maximum atomic E-state index is 12.8. The molecule has 40 heavy (non-hydrogen) atoms. The Kier molecular flexibility index (Phi) is 7.48. The third-order valence-corrected chi connectivity index (χ3v) is 6.60. The van der Waals surface area contributed by atoms with Gasteiger partial charge in [-0.25, -0.2) is 24.5 Å². The van der Waals surface area contributed by atoms with Crippen molar-refractivity contribution in [3.8, 4) is 11.3 Å². The molecule has 2 amide bonds. The second-order valence-corrected chi connectivity index (χ2v) is 9.68. The molecule has 1 aromatic carbocycles. The average molecular weight is 537 g/mol. The molecule has 1 fully saturated rings. The molecule has 0 radical (unpaired) electrons. The van der Waals surface area contributed by atoms with Crippen LogP contribution in [0, 0.1) is 6.57 Å². The number of nitrogens with two attached hydrogens (primary N) is 1. The number of carbonyl (C=O) groups is 2. The molecule has 0 spiro atoms. The van der Waals surface area contributed by atoms with E-state index in [4.69, 9.17) is 17.4 Å². The number of nitrogens with zero attached hydrogens (tertiary/aromatic N) is 8. The van der Waals surface area contributed by atoms with E-state index in [1.807, 2.05) is 34.7 Å². The van der Waals surface area contributed by atoms with Crippen molar-refractivity contribution in [3.05, 3.63) is 78.1 Å². The van der Waals surface area contributed by atoms with Crippen LogP contribution in [0.3, 0.4) is 0 Å². The van der Waals surface area contributed by atoms with Crippen LogP contribution in [0.25, 0.3) is 27.1 Å². The van der Waals surface area contributed by atoms with Crippen molar-refractivity contribution in [3.63, 3.8) is 0 Å². The lowest BCUT2D eigenvalue weighted by Crippen LogP contribution is -2.28. The number of nitrogens with one attached hydrogen (secondary N) is 1. The minimum absolute atomic E-state index is 0.0277. The summed E-state index contributed by atoms with van der Waals surface area (Å²) in [5, 5.41) is 8.21. The van der Waals surface area contributed by atoms with E-state index in [9.17, 15) is 9.59 Å². The highest BCUT2D eigenvalue weighted by Crippen LogP contribution is 2.34. The van der Waals surface area contributed by atoms with Crippen molar-refractivity contribution in [2.24, 2.45) is 0 Å². The molecule has 12 heteroatoms. The molecule has 3 aromatic heterocycles. The van der Waals surface area contributed by atoms with Gasteiger partial charge in [0.1, 0.15) is 23.7 Å². The van der Waals surface area contributed by atoms with Crippen LogP contribution >= 0.6 is 0 Å². The number of nitrogen functional groups attached to an aromatic ring is 1. The molecule has 1 saturated heterocycles. The summed E-state index contributed by atoms with van der Waals surface area (Å²) in [6.45, 7) is 8.94. The zero-order valence-corrected chi connectivity index (χ0v) is 22.2. The van der Waals surface area contributed by atoms with Gasteiger partial charge in [0.25, 0.3) is 5.91 Å². The molecule has 0 saturated carbocycles. The molecule has 4 heterocycles. The molecular weight excluding hydrogens is 508 g/mol. The Morgan fingerprint density at radius 2 is 2.00 bits per heavy atom. The first-order chi connectivity index (χ1) is 19.3. The second-order valence-electron chi connectivity index (χ2n) is 9.68. The molecule has 0 bridgehead atoms. The van der Waals surface area contributed by atoms with Crippen LogP contribution in [0.2, 0.25) is 0 Å². The van der Waals surface area contributed by atoms with Crippen LogP contribution in [-0.2, 0) is 4.79 Å². The monoisotopic (exact) mass is 536 g/mol. The first kappa shape index (κ1) is 26.5. The molecule has 202 valence electrons. The number of aromatic nitrogens is 5. The summed E-state index contributed by atoms with van der Waals surface area (Å²) in [5.41, 5.74) is 9.02. The summed E-state index contributed by atoms with van der Waals surface area (Å²) < 4.78 is 1.83. The summed E-state index contributed by atoms with van der Waals surface area (Å²) >= 11 is 0. The van der Waals surface area contributed by atoms with E-state index in [0.29, 0.717) is 59.2 Å². The molecule has 1 aliphatic rings. The van der Waals surface area contributed by atoms with E-state index in [1.54, 1.807) is 36.4 Å². The van der Waals surface area contributed by atoms with Crippen LogP contribution in [0.15, 0.2) is 61.1 Å². The normalized spacial score (nSPS) is 15.2. The Labute approximate surface area is 231 Å². The van der Waals surface area contributed by atoms with E-state index in [0.717, 1.165) is 12.0 Å². The van der Waals surface area contributed by atoms with Gasteiger partial charge < -0.3 is 20.9 Å². The average Bonchev–Trinajstić information content (AvgIpc) is 3.59. The maximum Gasteiger partial charge on any atom is 0.256 e. The van der Waals surface area contributed by atoms with Crippen LogP contribution in [0.4, 0.5) is 17.3 Å². The highest BCUT2D eigenvalue weighted by molar-refractivity contribution is 6.04. The zero-order chi connectivity index (χ0) is 28.2. The fourth-order valence-electron chi connectivity index (χ4n) is 4.59. The van der Waals surface area contributed by atoms with Crippen molar-refractivity contribution >= 4 is 40.2 Å². The minimum atomic E-state index is -0.352. The lowest BCUT2D eigenvalue weighted by atomic mass is 10.1. The summed E-state index contributed by atoms with van der Waals surface area (Å²) in [6, 6.07) is 9.96. The topological polar surface area (TPSA) is 140 Å². The third-order valence-electron chi connectivity index (χ3n) is 6.60. The number of fused-ring (bicyclic) bond motifs is 1. The van der Waals surface area contributed by atoms with E-state index in [-0.39, 0.29) is 17.9 Å². The number of anilines is 2. The number of pyridine rings is 1. The largest absolute Gasteiger partial charge is 0.383 e. The van der Waals surface area contributed by atoms with Crippen molar-refractivity contribution < 1.29 is 9.59 Å². The summed E-state index contributed by atoms with van der Waals surface area (Å²) in [7, 11) is 3.90. The van der Waals surface area contributed by atoms with Gasteiger partial charge in [-0.15, -0.1) is 0 Å². The highest BCUT2D eigenvalue weighted by atomic mass is 16.2. The number of hydrogen-bond acceptors (Lipinski definition) is 8. The first-order valence-corrected chi connectivity index (χ1v) is 12.7. The number of hydrogen-bond donors (Lipinski definition) is 2. The van der Waals surface area contributed by atoms with Gasteiger partial charge in [0.05, 0.1) is 18.0 Å². The zero-order valence-electron chi connectivity index (χ0n) is 22.2. The Bertz CT molecular complexity index is 1640. The molecule has 0 unspecified atom stereocenters. The molecule has 0 aliphatic carbocycles. The molecular formula is C28H28N10O2. The van der Waals surface area contributed by atoms with Crippen LogP contribution in [0.5, 0.6) is 0 Å². The molecule has 1 aliphatic heterocycles. The summed E-state index contributed by atoms with van der Waals surface area (Å²) in [4.78, 5) is 45.3. The van der Waals surface area contributed by atoms with Crippen molar-refractivity contribution in [2.75, 3.05) is 44.8 Å². The van der Waals surface area contributed by atoms with Crippen molar-refractivity contribution in [1.29, 1.82) is 0 Å². The van der Waals surface area contributed by atoms with Gasteiger partial charge in [-0.2, -0.15) is 5.10 Å². The third kappa shape index (κ3) is 5.50. The Hall–Kier alpha value is -5.15. The predicted octanol–water partition coefficient (Wildman–Crippen LogP) is 3.16. The van der Waals surface area contributed by atoms with Gasteiger partial charge in [0, 0.05) is 43.0 Å². The fraction of sp³-hybridized carbons (Fsp3) is 0.250. The van der Waals surface area contributed by atoms with Gasteiger partial charge >= 0.3 is 0 Å². The van der Waals surface area contributed by atoms with E-state index in [1.165, 1.54) is 18.6 Å². The van der Waals surface area contributed by atoms with Crippen LogP contribution in [0.1, 0.15) is 22.8 Å². The molecule has 4 aromatic rings. The number of rotatable bonds is 7. The second kappa shape index (κ2) is 11.3. The van der Waals surface area contributed by atoms with Gasteiger partial charge in [-0.3, -0.25) is 9.59 Å².